The van der Waals surface area contributed by atoms with Gasteiger partial charge in [-0.25, -0.2) is 0 Å². The smallest absolute Gasteiger partial charge is 0.240 e. The third-order valence-electron chi connectivity index (χ3n) is 15.9. The number of benzene rings is 11. The van der Waals surface area contributed by atoms with Crippen LogP contribution in [0.15, 0.2) is 255 Å². The molecule has 0 unspecified atom stereocenters. The Morgan fingerprint density at radius 3 is 1.13 bits per heavy atom. The predicted molar refractivity (Wildman–Crippen MR) is 317 cm³/mol. The van der Waals surface area contributed by atoms with Crippen LogP contribution in [0, 0.1) is 0 Å². The standard InChI is InChI=1S/C69H42N8/c1-3-20-43(21-4-1)67-70-68(72-69(71-67)77-60-36-17-11-30-51(60)54-39-38-53-50-29-9-15-34-58(50)75(65(53)66(54)77)44-22-5-2-6-23-44)76-59-35-16-10-28-49(59)52-40-41-62-63(64(52)76)55-31-12-18-37-61(55)74(62)46-25-19-24-45(42-46)73-56-32-13-7-26-47(56)48-27-8-14-33-57(48)73/h1-42H. The van der Waals surface area contributed by atoms with Gasteiger partial charge in [0, 0.05) is 76.5 Å². The number of rotatable bonds is 6. The molecule has 0 aliphatic rings. The molecule has 0 N–H and O–H groups in total. The first-order valence-electron chi connectivity index (χ1n) is 26.1. The van der Waals surface area contributed by atoms with Gasteiger partial charge >= 0.3 is 0 Å². The second kappa shape index (κ2) is 16.0. The van der Waals surface area contributed by atoms with E-state index in [1.54, 1.807) is 0 Å². The molecule has 0 radical (unpaired) electrons. The molecule has 11 aromatic carbocycles. The van der Waals surface area contributed by atoms with Crippen molar-refractivity contribution in [1.82, 2.24) is 37.8 Å². The molecule has 17 rings (SSSR count). The average molecular weight is 983 g/mol. The minimum Gasteiger partial charge on any atom is -0.309 e. The molecule has 8 heteroatoms. The molecule has 0 aliphatic carbocycles. The lowest BCUT2D eigenvalue weighted by molar-refractivity contribution is 0.894. The zero-order valence-electron chi connectivity index (χ0n) is 41.3. The molecule has 0 atom stereocenters. The summed E-state index contributed by atoms with van der Waals surface area (Å²) in [6.45, 7) is 0. The summed E-state index contributed by atoms with van der Waals surface area (Å²) >= 11 is 0. The van der Waals surface area contributed by atoms with Crippen molar-refractivity contribution in [3.8, 4) is 40.3 Å². The zero-order valence-corrected chi connectivity index (χ0v) is 41.3. The van der Waals surface area contributed by atoms with E-state index in [0.717, 1.165) is 104 Å². The van der Waals surface area contributed by atoms with Crippen molar-refractivity contribution in [2.75, 3.05) is 0 Å². The van der Waals surface area contributed by atoms with Crippen LogP contribution in [0.25, 0.3) is 149 Å². The van der Waals surface area contributed by atoms with Crippen LogP contribution in [0.4, 0.5) is 0 Å². The Labute approximate surface area is 439 Å². The van der Waals surface area contributed by atoms with Crippen LogP contribution in [0.2, 0.25) is 0 Å². The Kier molecular flexibility index (Phi) is 8.68. The monoisotopic (exact) mass is 982 g/mol. The normalized spacial score (nSPS) is 12.2. The Morgan fingerprint density at radius 1 is 0.221 bits per heavy atom. The first kappa shape index (κ1) is 41.9. The van der Waals surface area contributed by atoms with Crippen molar-refractivity contribution in [2.45, 2.75) is 0 Å². The number of nitrogens with zero attached hydrogens (tertiary/aromatic N) is 8. The van der Waals surface area contributed by atoms with Gasteiger partial charge in [0.15, 0.2) is 5.82 Å². The first-order valence-corrected chi connectivity index (χ1v) is 26.1. The maximum absolute atomic E-state index is 5.73. The Hall–Kier alpha value is -10.6. The van der Waals surface area contributed by atoms with Crippen LogP contribution < -0.4 is 0 Å². The Morgan fingerprint density at radius 2 is 0.584 bits per heavy atom. The van der Waals surface area contributed by atoms with Gasteiger partial charge in [-0.05, 0) is 72.8 Å². The summed E-state index contributed by atoms with van der Waals surface area (Å²) < 4.78 is 11.8. The molecular weight excluding hydrogens is 941 g/mol. The van der Waals surface area contributed by atoms with E-state index >= 15 is 0 Å². The number of aromatic nitrogens is 8. The van der Waals surface area contributed by atoms with E-state index in [4.69, 9.17) is 15.0 Å². The Bertz CT molecular complexity index is 5230. The highest BCUT2D eigenvalue weighted by molar-refractivity contribution is 6.27. The van der Waals surface area contributed by atoms with Crippen molar-refractivity contribution in [3.05, 3.63) is 255 Å². The van der Waals surface area contributed by atoms with Gasteiger partial charge in [-0.1, -0.05) is 182 Å². The van der Waals surface area contributed by atoms with Crippen LogP contribution >= 0.6 is 0 Å². The highest BCUT2D eigenvalue weighted by atomic mass is 15.3. The molecular formula is C69H42N8. The summed E-state index contributed by atoms with van der Waals surface area (Å²) in [6, 6.07) is 91.3. The molecule has 17 aromatic rings. The molecule has 77 heavy (non-hydrogen) atoms. The van der Waals surface area contributed by atoms with Crippen LogP contribution in [0.1, 0.15) is 0 Å². The van der Waals surface area contributed by atoms with E-state index in [0.29, 0.717) is 17.7 Å². The van der Waals surface area contributed by atoms with Gasteiger partial charge in [0.05, 0.1) is 55.2 Å². The van der Waals surface area contributed by atoms with E-state index in [-0.39, 0.29) is 0 Å². The highest BCUT2D eigenvalue weighted by Gasteiger charge is 2.27. The van der Waals surface area contributed by atoms with E-state index in [9.17, 15) is 0 Å². The van der Waals surface area contributed by atoms with E-state index < -0.39 is 0 Å². The largest absolute Gasteiger partial charge is 0.309 e. The number of hydrogen-bond acceptors (Lipinski definition) is 3. The number of hydrogen-bond donors (Lipinski definition) is 0. The van der Waals surface area contributed by atoms with Gasteiger partial charge < -0.3 is 13.7 Å². The summed E-state index contributed by atoms with van der Waals surface area (Å²) in [6.07, 6.45) is 0. The molecule has 0 saturated carbocycles. The third kappa shape index (κ3) is 5.89. The third-order valence-corrected chi connectivity index (χ3v) is 15.9. The molecule has 6 heterocycles. The first-order chi connectivity index (χ1) is 38.2. The molecule has 0 bridgehead atoms. The van der Waals surface area contributed by atoms with Crippen molar-refractivity contribution < 1.29 is 0 Å². The lowest BCUT2D eigenvalue weighted by Crippen LogP contribution is -2.10. The fourth-order valence-corrected chi connectivity index (χ4v) is 12.8. The van der Waals surface area contributed by atoms with E-state index in [1.807, 2.05) is 6.07 Å². The van der Waals surface area contributed by atoms with Crippen LogP contribution in [0.3, 0.4) is 0 Å². The van der Waals surface area contributed by atoms with Crippen molar-refractivity contribution in [1.29, 1.82) is 0 Å². The quantitative estimate of drug-likeness (QED) is 0.167. The second-order valence-electron chi connectivity index (χ2n) is 20.0. The lowest BCUT2D eigenvalue weighted by Gasteiger charge is -2.14. The van der Waals surface area contributed by atoms with Gasteiger partial charge in [0.1, 0.15) is 0 Å². The fourth-order valence-electron chi connectivity index (χ4n) is 12.8. The second-order valence-corrected chi connectivity index (χ2v) is 20.0. The van der Waals surface area contributed by atoms with Crippen LogP contribution in [-0.2, 0) is 0 Å². The fraction of sp³-hybridized carbons (Fsp3) is 0. The highest BCUT2D eigenvalue weighted by Crippen LogP contribution is 2.45. The minimum atomic E-state index is 0.527. The van der Waals surface area contributed by atoms with Gasteiger partial charge in [0.25, 0.3) is 0 Å². The molecule has 0 aliphatic heterocycles. The Balaban J connectivity index is 0.977. The maximum atomic E-state index is 5.73. The lowest BCUT2D eigenvalue weighted by atomic mass is 10.1. The molecule has 8 nitrogen and oxygen atoms in total. The number of para-hydroxylation sites is 7. The topological polar surface area (TPSA) is 63.3 Å². The summed E-state index contributed by atoms with van der Waals surface area (Å²) in [7, 11) is 0. The van der Waals surface area contributed by atoms with Gasteiger partial charge in [0.2, 0.25) is 11.9 Å². The summed E-state index contributed by atoms with van der Waals surface area (Å²) in [4.78, 5) is 16.8. The SMILES string of the molecule is c1ccc(-c2nc(-n3c4ccccc4c4ccc5c(c6ccccc6n5-c5cccc(-n6c7ccccc7c7ccccc76)c5)c43)nc(-n3c4ccccc4c4ccc5c6ccccc6n(-c6ccccc6)c5c43)n2)cc1. The van der Waals surface area contributed by atoms with Crippen molar-refractivity contribution >= 4 is 109 Å². The van der Waals surface area contributed by atoms with Gasteiger partial charge in [-0.15, -0.1) is 0 Å². The van der Waals surface area contributed by atoms with Crippen molar-refractivity contribution in [2.24, 2.45) is 0 Å². The van der Waals surface area contributed by atoms with Crippen molar-refractivity contribution in [3.63, 3.8) is 0 Å². The molecule has 0 fully saturated rings. The summed E-state index contributed by atoms with van der Waals surface area (Å²) in [5, 5.41) is 11.5. The van der Waals surface area contributed by atoms with E-state index in [2.05, 4.69) is 272 Å². The molecule has 0 amide bonds. The molecule has 0 spiro atoms. The molecule has 0 saturated heterocycles. The average Bonchev–Trinajstić information content (AvgIpc) is 4.49. The zero-order chi connectivity index (χ0) is 50.3. The number of fused-ring (bicyclic) bond motifs is 17. The summed E-state index contributed by atoms with van der Waals surface area (Å²) in [5.74, 6) is 1.63. The summed E-state index contributed by atoms with van der Waals surface area (Å²) in [5.41, 5.74) is 15.0. The van der Waals surface area contributed by atoms with Gasteiger partial charge in [-0.2, -0.15) is 15.0 Å². The maximum Gasteiger partial charge on any atom is 0.240 e. The molecule has 358 valence electrons. The molecule has 6 aromatic heterocycles. The van der Waals surface area contributed by atoms with Gasteiger partial charge in [-0.3, -0.25) is 9.13 Å². The predicted octanol–water partition coefficient (Wildman–Crippen LogP) is 17.0. The van der Waals surface area contributed by atoms with E-state index in [1.165, 1.54) is 27.2 Å². The minimum absolute atomic E-state index is 0.527. The van der Waals surface area contributed by atoms with Crippen LogP contribution in [-0.4, -0.2) is 37.8 Å². The van der Waals surface area contributed by atoms with Crippen LogP contribution in [0.5, 0.6) is 0 Å².